The summed E-state index contributed by atoms with van der Waals surface area (Å²) in [6.07, 6.45) is 8.29. The van der Waals surface area contributed by atoms with Crippen molar-refractivity contribution in [3.63, 3.8) is 0 Å². The largest absolute Gasteiger partial charge is 0.350 e. The molecule has 2 saturated carbocycles. The Labute approximate surface area is 110 Å². The second kappa shape index (κ2) is 4.48. The Bertz CT molecular complexity index is 433. The van der Waals surface area contributed by atoms with E-state index in [4.69, 9.17) is 0 Å². The number of carbonyl (C=O) groups excluding carboxylic acids is 1. The summed E-state index contributed by atoms with van der Waals surface area (Å²) in [7, 11) is 0. The Morgan fingerprint density at radius 2 is 2.18 bits per heavy atom. The number of amides is 1. The smallest absolute Gasteiger partial charge is 0.267 e. The second-order valence-electron chi connectivity index (χ2n) is 5.19. The average Bonchev–Trinajstić information content (AvgIpc) is 2.99. The summed E-state index contributed by atoms with van der Waals surface area (Å²) in [5.74, 6) is 0.793. The number of carbonyl (C=O) groups is 1. The third kappa shape index (κ3) is 2.41. The lowest BCUT2D eigenvalue weighted by Crippen LogP contribution is -2.33. The predicted octanol–water partition coefficient (Wildman–Crippen LogP) is 3.12. The van der Waals surface area contributed by atoms with Gasteiger partial charge in [0.2, 0.25) is 0 Å². The van der Waals surface area contributed by atoms with E-state index >= 15 is 0 Å². The maximum atomic E-state index is 12.1. The van der Waals surface area contributed by atoms with Crippen LogP contribution >= 0.6 is 15.9 Å². The Morgan fingerprint density at radius 1 is 1.41 bits per heavy atom. The van der Waals surface area contributed by atoms with Crippen molar-refractivity contribution in [1.29, 1.82) is 0 Å². The van der Waals surface area contributed by atoms with Gasteiger partial charge in [0.15, 0.2) is 0 Å². The zero-order valence-corrected chi connectivity index (χ0v) is 11.4. The Kier molecular flexibility index (Phi) is 2.99. The first-order valence-corrected chi connectivity index (χ1v) is 7.19. The molecule has 3 rings (SSSR count). The molecule has 17 heavy (non-hydrogen) atoms. The van der Waals surface area contributed by atoms with Crippen molar-refractivity contribution >= 4 is 21.8 Å². The molecular weight excluding hydrogens is 280 g/mol. The second-order valence-corrected chi connectivity index (χ2v) is 6.10. The quantitative estimate of drug-likeness (QED) is 0.910. The summed E-state index contributed by atoms with van der Waals surface area (Å²) in [6, 6.07) is 2.47. The Morgan fingerprint density at radius 3 is 2.76 bits per heavy atom. The first-order valence-electron chi connectivity index (χ1n) is 6.39. The van der Waals surface area contributed by atoms with Gasteiger partial charge in [0, 0.05) is 23.3 Å². The molecule has 0 aliphatic heterocycles. The van der Waals surface area contributed by atoms with Crippen LogP contribution in [0, 0.1) is 5.92 Å². The van der Waals surface area contributed by atoms with Crippen molar-refractivity contribution in [3.05, 3.63) is 22.4 Å². The zero-order valence-electron chi connectivity index (χ0n) is 9.79. The minimum absolute atomic E-state index is 0.0782. The van der Waals surface area contributed by atoms with Crippen LogP contribution in [0.25, 0.3) is 0 Å². The van der Waals surface area contributed by atoms with E-state index in [1.54, 1.807) is 0 Å². The number of nitrogens with one attached hydrogen (secondary N) is 1. The van der Waals surface area contributed by atoms with Crippen LogP contribution in [0.4, 0.5) is 0 Å². The van der Waals surface area contributed by atoms with Crippen molar-refractivity contribution < 1.29 is 4.79 Å². The highest BCUT2D eigenvalue weighted by Crippen LogP contribution is 2.37. The van der Waals surface area contributed by atoms with Crippen molar-refractivity contribution in [2.75, 3.05) is 6.54 Å². The maximum Gasteiger partial charge on any atom is 0.267 e. The number of aromatic nitrogens is 1. The van der Waals surface area contributed by atoms with Gasteiger partial charge in [0.25, 0.3) is 5.91 Å². The van der Waals surface area contributed by atoms with Gasteiger partial charge in [-0.05, 0) is 53.6 Å². The van der Waals surface area contributed by atoms with Gasteiger partial charge >= 0.3 is 0 Å². The van der Waals surface area contributed by atoms with Gasteiger partial charge in [-0.15, -0.1) is 0 Å². The van der Waals surface area contributed by atoms with E-state index in [1.807, 2.05) is 12.3 Å². The van der Waals surface area contributed by atoms with Crippen LogP contribution in [0.3, 0.4) is 0 Å². The minimum Gasteiger partial charge on any atom is -0.350 e. The average molecular weight is 297 g/mol. The molecular formula is C13H17BrN2O. The highest BCUT2D eigenvalue weighted by molar-refractivity contribution is 9.10. The van der Waals surface area contributed by atoms with Crippen LogP contribution in [0.1, 0.15) is 48.6 Å². The third-order valence-electron chi connectivity index (χ3n) is 3.76. The monoisotopic (exact) mass is 296 g/mol. The summed E-state index contributed by atoms with van der Waals surface area (Å²) in [5, 5.41) is 3.06. The number of hydrogen-bond donors (Lipinski definition) is 1. The van der Waals surface area contributed by atoms with E-state index in [0.29, 0.717) is 12.0 Å². The summed E-state index contributed by atoms with van der Waals surface area (Å²) in [5.41, 5.74) is 0.804. The lowest BCUT2D eigenvalue weighted by atomic mass is 9.85. The molecule has 0 aromatic carbocycles. The highest BCUT2D eigenvalue weighted by Gasteiger charge is 2.28. The molecule has 1 N–H and O–H groups in total. The molecule has 2 aliphatic carbocycles. The van der Waals surface area contributed by atoms with Crippen molar-refractivity contribution in [3.8, 4) is 0 Å². The molecule has 0 radical (unpaired) electrons. The standard InChI is InChI=1S/C13H17BrN2O/c14-10-6-12(16(8-10)11-4-5-11)13(17)15-7-9-2-1-3-9/h6,8-9,11H,1-5,7H2,(H,15,17). The Hall–Kier alpha value is -0.770. The van der Waals surface area contributed by atoms with E-state index in [-0.39, 0.29) is 5.91 Å². The van der Waals surface area contributed by atoms with Crippen molar-refractivity contribution in [2.45, 2.75) is 38.1 Å². The molecule has 4 heteroatoms. The number of nitrogens with zero attached hydrogens (tertiary/aromatic N) is 1. The van der Waals surface area contributed by atoms with Crippen LogP contribution in [0.15, 0.2) is 16.7 Å². The molecule has 92 valence electrons. The Balaban J connectivity index is 1.66. The normalized spacial score (nSPS) is 20.1. The van der Waals surface area contributed by atoms with E-state index in [9.17, 15) is 4.79 Å². The minimum atomic E-state index is 0.0782. The molecule has 2 fully saturated rings. The molecule has 1 heterocycles. The van der Waals surface area contributed by atoms with E-state index < -0.39 is 0 Å². The van der Waals surface area contributed by atoms with Gasteiger partial charge in [-0.2, -0.15) is 0 Å². The van der Waals surface area contributed by atoms with Crippen molar-refractivity contribution in [2.24, 2.45) is 5.92 Å². The molecule has 1 aromatic rings. The van der Waals surface area contributed by atoms with Crippen LogP contribution < -0.4 is 5.32 Å². The van der Waals surface area contributed by atoms with E-state index in [2.05, 4.69) is 25.8 Å². The first-order chi connectivity index (χ1) is 8.24. The summed E-state index contributed by atoms with van der Waals surface area (Å²) in [4.78, 5) is 12.1. The van der Waals surface area contributed by atoms with Gasteiger partial charge in [-0.1, -0.05) is 6.42 Å². The highest BCUT2D eigenvalue weighted by atomic mass is 79.9. The summed E-state index contributed by atoms with van der Waals surface area (Å²) < 4.78 is 3.11. The SMILES string of the molecule is O=C(NCC1CCC1)c1cc(Br)cn1C1CC1. The lowest BCUT2D eigenvalue weighted by Gasteiger charge is -2.25. The predicted molar refractivity (Wildman–Crippen MR) is 70.1 cm³/mol. The molecule has 3 nitrogen and oxygen atoms in total. The lowest BCUT2D eigenvalue weighted by molar-refractivity contribution is 0.0929. The van der Waals surface area contributed by atoms with Crippen molar-refractivity contribution in [1.82, 2.24) is 9.88 Å². The fourth-order valence-electron chi connectivity index (χ4n) is 2.31. The third-order valence-corrected chi connectivity index (χ3v) is 4.20. The molecule has 0 saturated heterocycles. The number of hydrogen-bond acceptors (Lipinski definition) is 1. The van der Waals surface area contributed by atoms with Gasteiger partial charge in [0.05, 0.1) is 0 Å². The molecule has 1 amide bonds. The number of rotatable bonds is 4. The molecule has 2 aliphatic rings. The number of halogens is 1. The van der Waals surface area contributed by atoms with E-state index in [0.717, 1.165) is 16.7 Å². The van der Waals surface area contributed by atoms with Crippen LogP contribution in [0.5, 0.6) is 0 Å². The van der Waals surface area contributed by atoms with E-state index in [1.165, 1.54) is 32.1 Å². The maximum absolute atomic E-state index is 12.1. The molecule has 0 spiro atoms. The van der Waals surface area contributed by atoms with Crippen LogP contribution in [-0.2, 0) is 0 Å². The van der Waals surface area contributed by atoms with Gasteiger partial charge in [0.1, 0.15) is 5.69 Å². The van der Waals surface area contributed by atoms with Gasteiger partial charge in [-0.25, -0.2) is 0 Å². The topological polar surface area (TPSA) is 34.0 Å². The zero-order chi connectivity index (χ0) is 11.8. The molecule has 0 atom stereocenters. The fraction of sp³-hybridized carbons (Fsp3) is 0.615. The first kappa shape index (κ1) is 11.3. The fourth-order valence-corrected chi connectivity index (χ4v) is 2.74. The van der Waals surface area contributed by atoms with Crippen LogP contribution in [-0.4, -0.2) is 17.0 Å². The van der Waals surface area contributed by atoms with Gasteiger partial charge in [-0.3, -0.25) is 4.79 Å². The summed E-state index contributed by atoms with van der Waals surface area (Å²) >= 11 is 3.45. The molecule has 1 aromatic heterocycles. The van der Waals surface area contributed by atoms with Crippen LogP contribution in [0.2, 0.25) is 0 Å². The summed E-state index contributed by atoms with van der Waals surface area (Å²) in [6.45, 7) is 0.840. The molecule has 0 unspecified atom stereocenters. The molecule has 0 bridgehead atoms. The van der Waals surface area contributed by atoms with Gasteiger partial charge < -0.3 is 9.88 Å².